The van der Waals surface area contributed by atoms with Crippen molar-refractivity contribution in [3.63, 3.8) is 0 Å². The quantitative estimate of drug-likeness (QED) is 0.787. The zero-order chi connectivity index (χ0) is 13.9. The van der Waals surface area contributed by atoms with E-state index in [2.05, 4.69) is 22.0 Å². The van der Waals surface area contributed by atoms with E-state index in [1.807, 2.05) is 36.4 Å². The molecule has 1 aromatic carbocycles. The number of aromatic nitrogens is 3. The SMILES string of the molecule is CCC(CN)c1nc(-c2ccc3ccccc3n2)no1. The molecular formula is C15H16N4O. The summed E-state index contributed by atoms with van der Waals surface area (Å²) in [5.41, 5.74) is 7.33. The molecule has 0 amide bonds. The van der Waals surface area contributed by atoms with Crippen molar-refractivity contribution in [2.45, 2.75) is 19.3 Å². The topological polar surface area (TPSA) is 77.8 Å². The van der Waals surface area contributed by atoms with Crippen molar-refractivity contribution >= 4 is 10.9 Å². The van der Waals surface area contributed by atoms with E-state index in [0.717, 1.165) is 17.3 Å². The van der Waals surface area contributed by atoms with Gasteiger partial charge in [0.05, 0.1) is 11.4 Å². The molecule has 5 heteroatoms. The number of pyridine rings is 1. The molecule has 2 N–H and O–H groups in total. The molecule has 0 saturated heterocycles. The lowest BCUT2D eigenvalue weighted by Crippen LogP contribution is -2.11. The Morgan fingerprint density at radius 2 is 2.00 bits per heavy atom. The summed E-state index contributed by atoms with van der Waals surface area (Å²) in [5.74, 6) is 1.20. The van der Waals surface area contributed by atoms with Crippen molar-refractivity contribution in [3.05, 3.63) is 42.3 Å². The number of benzene rings is 1. The molecule has 3 aromatic rings. The van der Waals surface area contributed by atoms with Gasteiger partial charge in [0.2, 0.25) is 11.7 Å². The van der Waals surface area contributed by atoms with Crippen LogP contribution in [0.2, 0.25) is 0 Å². The molecule has 0 radical (unpaired) electrons. The van der Waals surface area contributed by atoms with Gasteiger partial charge in [-0.05, 0) is 18.6 Å². The first kappa shape index (κ1) is 12.7. The summed E-state index contributed by atoms with van der Waals surface area (Å²) in [5, 5.41) is 5.10. The zero-order valence-corrected chi connectivity index (χ0v) is 11.3. The minimum Gasteiger partial charge on any atom is -0.339 e. The van der Waals surface area contributed by atoms with Gasteiger partial charge in [0.25, 0.3) is 0 Å². The molecule has 0 aliphatic rings. The number of nitrogens with zero attached hydrogens (tertiary/aromatic N) is 3. The molecule has 0 saturated carbocycles. The number of rotatable bonds is 4. The van der Waals surface area contributed by atoms with Crippen molar-refractivity contribution in [2.75, 3.05) is 6.54 Å². The maximum Gasteiger partial charge on any atom is 0.231 e. The Hall–Kier alpha value is -2.27. The second-order valence-corrected chi connectivity index (χ2v) is 4.69. The Balaban J connectivity index is 1.98. The van der Waals surface area contributed by atoms with Gasteiger partial charge in [0.1, 0.15) is 5.69 Å². The zero-order valence-electron chi connectivity index (χ0n) is 11.3. The lowest BCUT2D eigenvalue weighted by atomic mass is 10.1. The maximum absolute atomic E-state index is 5.69. The predicted molar refractivity (Wildman–Crippen MR) is 77.1 cm³/mol. The molecule has 2 aromatic heterocycles. The van der Waals surface area contributed by atoms with E-state index in [-0.39, 0.29) is 5.92 Å². The molecule has 20 heavy (non-hydrogen) atoms. The van der Waals surface area contributed by atoms with Crippen LogP contribution in [0.1, 0.15) is 25.2 Å². The molecule has 2 heterocycles. The fourth-order valence-corrected chi connectivity index (χ4v) is 2.14. The Labute approximate surface area is 116 Å². The van der Waals surface area contributed by atoms with Crippen LogP contribution in [0.4, 0.5) is 0 Å². The Morgan fingerprint density at radius 3 is 2.80 bits per heavy atom. The standard InChI is InChI=1S/C15H16N4O/c1-2-10(9-16)15-18-14(19-20-15)13-8-7-11-5-3-4-6-12(11)17-13/h3-8,10H,2,9,16H2,1H3. The molecular weight excluding hydrogens is 252 g/mol. The van der Waals surface area contributed by atoms with Gasteiger partial charge in [-0.15, -0.1) is 0 Å². The third-order valence-corrected chi connectivity index (χ3v) is 3.40. The largest absolute Gasteiger partial charge is 0.339 e. The van der Waals surface area contributed by atoms with Crippen molar-refractivity contribution in [1.82, 2.24) is 15.1 Å². The van der Waals surface area contributed by atoms with Gasteiger partial charge in [0.15, 0.2) is 0 Å². The minimum atomic E-state index is 0.108. The van der Waals surface area contributed by atoms with E-state index in [1.54, 1.807) is 0 Å². The number of para-hydroxylation sites is 1. The summed E-state index contributed by atoms with van der Waals surface area (Å²) in [4.78, 5) is 8.96. The van der Waals surface area contributed by atoms with Gasteiger partial charge in [-0.3, -0.25) is 0 Å². The molecule has 0 fully saturated rings. The van der Waals surface area contributed by atoms with Crippen LogP contribution in [0.25, 0.3) is 22.4 Å². The van der Waals surface area contributed by atoms with Gasteiger partial charge in [-0.1, -0.05) is 36.3 Å². The lowest BCUT2D eigenvalue weighted by molar-refractivity contribution is 0.351. The van der Waals surface area contributed by atoms with Crippen molar-refractivity contribution in [3.8, 4) is 11.5 Å². The van der Waals surface area contributed by atoms with Crippen LogP contribution in [0.3, 0.4) is 0 Å². The van der Waals surface area contributed by atoms with Gasteiger partial charge < -0.3 is 10.3 Å². The molecule has 0 aliphatic heterocycles. The molecule has 5 nitrogen and oxygen atoms in total. The first-order chi connectivity index (χ1) is 9.81. The van der Waals surface area contributed by atoms with Gasteiger partial charge in [-0.25, -0.2) is 4.98 Å². The molecule has 0 bridgehead atoms. The van der Waals surface area contributed by atoms with E-state index < -0.39 is 0 Å². The first-order valence-electron chi connectivity index (χ1n) is 6.71. The smallest absolute Gasteiger partial charge is 0.231 e. The van der Waals surface area contributed by atoms with Crippen molar-refractivity contribution in [1.29, 1.82) is 0 Å². The molecule has 0 aliphatic carbocycles. The summed E-state index contributed by atoms with van der Waals surface area (Å²) in [7, 11) is 0. The van der Waals surface area contributed by atoms with Crippen LogP contribution in [-0.4, -0.2) is 21.7 Å². The highest BCUT2D eigenvalue weighted by molar-refractivity contribution is 5.80. The highest BCUT2D eigenvalue weighted by Gasteiger charge is 2.17. The third kappa shape index (κ3) is 2.28. The summed E-state index contributed by atoms with van der Waals surface area (Å²) in [6, 6.07) is 11.9. The number of nitrogens with two attached hydrogens (primary N) is 1. The molecule has 0 spiro atoms. The minimum absolute atomic E-state index is 0.108. The Kier molecular flexibility index (Phi) is 3.43. The molecule has 1 atom stereocenters. The van der Waals surface area contributed by atoms with Gasteiger partial charge >= 0.3 is 0 Å². The number of fused-ring (bicyclic) bond motifs is 1. The molecule has 102 valence electrons. The van der Waals surface area contributed by atoms with Crippen LogP contribution in [0.5, 0.6) is 0 Å². The first-order valence-corrected chi connectivity index (χ1v) is 6.71. The maximum atomic E-state index is 5.69. The monoisotopic (exact) mass is 268 g/mol. The predicted octanol–water partition coefficient (Wildman–Crippen LogP) is 2.74. The lowest BCUT2D eigenvalue weighted by Gasteiger charge is -2.04. The van der Waals surface area contributed by atoms with Crippen LogP contribution >= 0.6 is 0 Å². The summed E-state index contributed by atoms with van der Waals surface area (Å²) >= 11 is 0. The highest BCUT2D eigenvalue weighted by atomic mass is 16.5. The van der Waals surface area contributed by atoms with Gasteiger partial charge in [0, 0.05) is 11.9 Å². The van der Waals surface area contributed by atoms with Crippen LogP contribution < -0.4 is 5.73 Å². The highest BCUT2D eigenvalue weighted by Crippen LogP contribution is 2.22. The van der Waals surface area contributed by atoms with Crippen molar-refractivity contribution in [2.24, 2.45) is 5.73 Å². The van der Waals surface area contributed by atoms with Crippen LogP contribution in [0.15, 0.2) is 40.9 Å². The second-order valence-electron chi connectivity index (χ2n) is 4.69. The van der Waals surface area contributed by atoms with E-state index >= 15 is 0 Å². The Bertz CT molecular complexity index is 718. The summed E-state index contributed by atoms with van der Waals surface area (Å²) in [6.07, 6.45) is 0.878. The second kappa shape index (κ2) is 5.38. The molecule has 1 unspecified atom stereocenters. The average molecular weight is 268 g/mol. The number of hydrogen-bond acceptors (Lipinski definition) is 5. The van der Waals surface area contributed by atoms with Crippen molar-refractivity contribution < 1.29 is 4.52 Å². The average Bonchev–Trinajstić information content (AvgIpc) is 2.98. The van der Waals surface area contributed by atoms with E-state index in [0.29, 0.717) is 24.0 Å². The number of hydrogen-bond donors (Lipinski definition) is 1. The third-order valence-electron chi connectivity index (χ3n) is 3.40. The molecule has 3 rings (SSSR count). The summed E-state index contributed by atoms with van der Waals surface area (Å²) < 4.78 is 5.29. The van der Waals surface area contributed by atoms with Crippen LogP contribution in [0, 0.1) is 0 Å². The van der Waals surface area contributed by atoms with E-state index in [9.17, 15) is 0 Å². The van der Waals surface area contributed by atoms with E-state index in [4.69, 9.17) is 10.3 Å². The van der Waals surface area contributed by atoms with E-state index in [1.165, 1.54) is 0 Å². The fourth-order valence-electron chi connectivity index (χ4n) is 2.14. The van der Waals surface area contributed by atoms with Crippen LogP contribution in [-0.2, 0) is 0 Å². The van der Waals surface area contributed by atoms with Gasteiger partial charge in [-0.2, -0.15) is 4.98 Å². The fraction of sp³-hybridized carbons (Fsp3) is 0.267. The normalized spacial score (nSPS) is 12.7. The Morgan fingerprint density at radius 1 is 1.15 bits per heavy atom. The summed E-state index contributed by atoms with van der Waals surface area (Å²) in [6.45, 7) is 2.55.